The lowest BCUT2D eigenvalue weighted by atomic mass is 10.1. The minimum atomic E-state index is -3.64. The van der Waals surface area contributed by atoms with Crippen LogP contribution in [-0.4, -0.2) is 55.5 Å². The van der Waals surface area contributed by atoms with Crippen LogP contribution in [0.5, 0.6) is 0 Å². The molecule has 7 heteroatoms. The van der Waals surface area contributed by atoms with Crippen LogP contribution in [-0.2, 0) is 19.5 Å². The Morgan fingerprint density at radius 2 is 2.00 bits per heavy atom. The fraction of sp³-hybridized carbons (Fsp3) is 0.625. The van der Waals surface area contributed by atoms with Gasteiger partial charge in [0.25, 0.3) is 0 Å². The Morgan fingerprint density at radius 1 is 1.30 bits per heavy atom. The third-order valence-corrected chi connectivity index (χ3v) is 6.24. The Bertz CT molecular complexity index is 660. The summed E-state index contributed by atoms with van der Waals surface area (Å²) >= 11 is 0. The topological polar surface area (TPSA) is 76.1 Å². The van der Waals surface area contributed by atoms with Gasteiger partial charge in [0.15, 0.2) is 5.79 Å². The number of rotatable bonds is 3. The molecule has 23 heavy (non-hydrogen) atoms. The lowest BCUT2D eigenvalue weighted by Crippen LogP contribution is -2.58. The quantitative estimate of drug-likeness (QED) is 0.896. The lowest BCUT2D eigenvalue weighted by Gasteiger charge is -2.42. The molecular formula is C16H23NO5S. The molecular weight excluding hydrogens is 318 g/mol. The standard InChI is InChI=1S/C16H23NO5S/c1-12-3-5-15(6-4-12)23(19,20)17-9-14(10-18)22-16(11-17)8-7-13(2)21-16/h3-6,13-14,18H,7-11H2,1-2H3. The molecule has 6 nitrogen and oxygen atoms in total. The number of hydrogen-bond acceptors (Lipinski definition) is 5. The Balaban J connectivity index is 1.89. The van der Waals surface area contributed by atoms with Crippen LogP contribution in [0.3, 0.4) is 0 Å². The summed E-state index contributed by atoms with van der Waals surface area (Å²) < 4.78 is 38.9. The highest BCUT2D eigenvalue weighted by atomic mass is 32.2. The van der Waals surface area contributed by atoms with Crippen LogP contribution in [0.1, 0.15) is 25.3 Å². The van der Waals surface area contributed by atoms with Gasteiger partial charge in [0.05, 0.1) is 30.3 Å². The lowest BCUT2D eigenvalue weighted by molar-refractivity contribution is -0.275. The normalized spacial score (nSPS) is 32.5. The van der Waals surface area contributed by atoms with Crippen molar-refractivity contribution < 1.29 is 23.0 Å². The molecule has 2 aliphatic rings. The van der Waals surface area contributed by atoms with E-state index in [1.165, 1.54) is 4.31 Å². The van der Waals surface area contributed by atoms with Gasteiger partial charge in [-0.25, -0.2) is 8.42 Å². The number of hydrogen-bond donors (Lipinski definition) is 1. The molecule has 0 bridgehead atoms. The van der Waals surface area contributed by atoms with Crippen molar-refractivity contribution in [2.75, 3.05) is 19.7 Å². The van der Waals surface area contributed by atoms with Gasteiger partial charge in [-0.1, -0.05) is 17.7 Å². The Kier molecular flexibility index (Phi) is 4.50. The van der Waals surface area contributed by atoms with Gasteiger partial charge in [-0.05, 0) is 32.4 Å². The Hall–Kier alpha value is -0.990. The largest absolute Gasteiger partial charge is 0.394 e. The molecule has 1 aromatic carbocycles. The van der Waals surface area contributed by atoms with E-state index < -0.39 is 21.9 Å². The predicted molar refractivity (Wildman–Crippen MR) is 84.4 cm³/mol. The Morgan fingerprint density at radius 3 is 2.57 bits per heavy atom. The molecule has 3 unspecified atom stereocenters. The van der Waals surface area contributed by atoms with Crippen molar-refractivity contribution in [2.24, 2.45) is 0 Å². The van der Waals surface area contributed by atoms with Crippen LogP contribution in [0.25, 0.3) is 0 Å². The van der Waals surface area contributed by atoms with Gasteiger partial charge in [-0.2, -0.15) is 4.31 Å². The maximum atomic E-state index is 12.9. The molecule has 0 saturated carbocycles. The van der Waals surface area contributed by atoms with Crippen LogP contribution >= 0.6 is 0 Å². The van der Waals surface area contributed by atoms with E-state index in [9.17, 15) is 13.5 Å². The fourth-order valence-electron chi connectivity index (χ4n) is 3.19. The molecule has 0 aromatic heterocycles. The SMILES string of the molecule is Cc1ccc(S(=O)(=O)N2CC(CO)OC3(CCC(C)O3)C2)cc1. The third-order valence-electron chi connectivity index (χ3n) is 4.42. The van der Waals surface area contributed by atoms with Gasteiger partial charge in [-0.15, -0.1) is 0 Å². The summed E-state index contributed by atoms with van der Waals surface area (Å²) in [6.07, 6.45) is 0.895. The number of nitrogens with zero attached hydrogens (tertiary/aromatic N) is 1. The summed E-state index contributed by atoms with van der Waals surface area (Å²) in [5.41, 5.74) is 1.00. The van der Waals surface area contributed by atoms with Crippen LogP contribution in [0.2, 0.25) is 0 Å². The van der Waals surface area contributed by atoms with Gasteiger partial charge >= 0.3 is 0 Å². The van der Waals surface area contributed by atoms with Crippen molar-refractivity contribution in [3.05, 3.63) is 29.8 Å². The zero-order valence-corrected chi connectivity index (χ0v) is 14.3. The van der Waals surface area contributed by atoms with E-state index in [0.29, 0.717) is 6.42 Å². The molecule has 3 atom stereocenters. The molecule has 128 valence electrons. The van der Waals surface area contributed by atoms with Gasteiger partial charge in [0.1, 0.15) is 0 Å². The maximum absolute atomic E-state index is 12.9. The smallest absolute Gasteiger partial charge is 0.243 e. The summed E-state index contributed by atoms with van der Waals surface area (Å²) in [5, 5.41) is 9.49. The fourth-order valence-corrected chi connectivity index (χ4v) is 4.69. The molecule has 2 heterocycles. The number of sulfonamides is 1. The van der Waals surface area contributed by atoms with E-state index in [-0.39, 0.29) is 30.7 Å². The monoisotopic (exact) mass is 341 g/mol. The number of aliphatic hydroxyl groups excluding tert-OH is 1. The number of aryl methyl sites for hydroxylation is 1. The first kappa shape index (κ1) is 16.9. The molecule has 0 radical (unpaired) electrons. The average Bonchev–Trinajstić information content (AvgIpc) is 2.87. The highest BCUT2D eigenvalue weighted by Crippen LogP contribution is 2.37. The van der Waals surface area contributed by atoms with Gasteiger partial charge < -0.3 is 14.6 Å². The van der Waals surface area contributed by atoms with E-state index in [4.69, 9.17) is 9.47 Å². The van der Waals surface area contributed by atoms with Crippen LogP contribution in [0, 0.1) is 6.92 Å². The van der Waals surface area contributed by atoms with E-state index in [1.807, 2.05) is 13.8 Å². The summed E-state index contributed by atoms with van der Waals surface area (Å²) in [4.78, 5) is 0.253. The third kappa shape index (κ3) is 3.29. The first-order valence-corrected chi connectivity index (χ1v) is 9.32. The van der Waals surface area contributed by atoms with Gasteiger partial charge in [0.2, 0.25) is 10.0 Å². The van der Waals surface area contributed by atoms with Crippen molar-refractivity contribution in [1.82, 2.24) is 4.31 Å². The molecule has 1 aromatic rings. The molecule has 2 saturated heterocycles. The molecule has 1 N–H and O–H groups in total. The zero-order valence-electron chi connectivity index (χ0n) is 13.4. The first-order valence-electron chi connectivity index (χ1n) is 7.88. The highest BCUT2D eigenvalue weighted by molar-refractivity contribution is 7.89. The maximum Gasteiger partial charge on any atom is 0.243 e. The second-order valence-corrected chi connectivity index (χ2v) is 8.35. The molecule has 0 amide bonds. The van der Waals surface area contributed by atoms with E-state index in [0.717, 1.165) is 12.0 Å². The van der Waals surface area contributed by atoms with E-state index >= 15 is 0 Å². The molecule has 2 aliphatic heterocycles. The summed E-state index contributed by atoms with van der Waals surface area (Å²) in [5.74, 6) is -0.942. The predicted octanol–water partition coefficient (Wildman–Crippen LogP) is 1.27. The highest BCUT2D eigenvalue weighted by Gasteiger charge is 2.49. The van der Waals surface area contributed by atoms with E-state index in [1.54, 1.807) is 24.3 Å². The van der Waals surface area contributed by atoms with Crippen molar-refractivity contribution in [3.8, 4) is 0 Å². The van der Waals surface area contributed by atoms with Crippen molar-refractivity contribution in [3.63, 3.8) is 0 Å². The van der Waals surface area contributed by atoms with Gasteiger partial charge in [0, 0.05) is 13.0 Å². The number of morpholine rings is 1. The summed E-state index contributed by atoms with van der Waals surface area (Å²) in [7, 11) is -3.64. The average molecular weight is 341 g/mol. The van der Waals surface area contributed by atoms with Crippen molar-refractivity contribution in [2.45, 2.75) is 49.6 Å². The molecule has 1 spiro atoms. The van der Waals surface area contributed by atoms with Gasteiger partial charge in [-0.3, -0.25) is 0 Å². The van der Waals surface area contributed by atoms with Crippen molar-refractivity contribution in [1.29, 1.82) is 0 Å². The van der Waals surface area contributed by atoms with Crippen LogP contribution in [0.4, 0.5) is 0 Å². The first-order chi connectivity index (χ1) is 10.8. The second kappa shape index (κ2) is 6.14. The van der Waals surface area contributed by atoms with Crippen LogP contribution in [0.15, 0.2) is 29.2 Å². The van der Waals surface area contributed by atoms with Crippen LogP contribution < -0.4 is 0 Å². The molecule has 0 aliphatic carbocycles. The molecule has 2 fully saturated rings. The minimum Gasteiger partial charge on any atom is -0.394 e. The minimum absolute atomic E-state index is 0.0244. The second-order valence-electron chi connectivity index (χ2n) is 6.41. The van der Waals surface area contributed by atoms with Crippen molar-refractivity contribution >= 4 is 10.0 Å². The molecule has 3 rings (SSSR count). The Labute approximate surface area is 137 Å². The number of aliphatic hydroxyl groups is 1. The summed E-state index contributed by atoms with van der Waals surface area (Å²) in [6.45, 7) is 3.91. The number of benzene rings is 1. The summed E-state index contributed by atoms with van der Waals surface area (Å²) in [6, 6.07) is 6.78. The zero-order chi connectivity index (χ0) is 16.7. The van der Waals surface area contributed by atoms with E-state index in [2.05, 4.69) is 0 Å². The number of ether oxygens (including phenoxy) is 2.